The molecule has 88 valence electrons. The fraction of sp³-hybridized carbons (Fsp3) is 0.0909. The van der Waals surface area contributed by atoms with Crippen LogP contribution in [0, 0.1) is 12.7 Å². The summed E-state index contributed by atoms with van der Waals surface area (Å²) in [4.78, 5) is 8.10. The molecule has 2 aromatic rings. The second-order valence-electron chi connectivity index (χ2n) is 3.52. The number of nitrogens with two attached hydrogens (primary N) is 1. The van der Waals surface area contributed by atoms with Gasteiger partial charge in [0.1, 0.15) is 5.82 Å². The number of hydrazine groups is 1. The van der Waals surface area contributed by atoms with Crippen molar-refractivity contribution in [3.63, 3.8) is 0 Å². The molecule has 0 aliphatic heterocycles. The number of rotatable bonds is 3. The molecule has 17 heavy (non-hydrogen) atoms. The van der Waals surface area contributed by atoms with E-state index in [4.69, 9.17) is 5.84 Å². The van der Waals surface area contributed by atoms with Gasteiger partial charge in [-0.05, 0) is 30.7 Å². The van der Waals surface area contributed by atoms with Gasteiger partial charge >= 0.3 is 0 Å². The Kier molecular flexibility index (Phi) is 3.15. The van der Waals surface area contributed by atoms with Crippen LogP contribution in [0.5, 0.6) is 0 Å². The highest BCUT2D eigenvalue weighted by atomic mass is 19.1. The van der Waals surface area contributed by atoms with Gasteiger partial charge in [0.05, 0.1) is 12.4 Å². The van der Waals surface area contributed by atoms with Crippen molar-refractivity contribution in [1.82, 2.24) is 9.97 Å². The SMILES string of the molecule is Cc1cc(F)ccc1Nc1cncc(NN)n1. The molecule has 5 nitrogen and oxygen atoms in total. The molecular weight excluding hydrogens is 221 g/mol. The Hall–Kier alpha value is -2.21. The monoisotopic (exact) mass is 233 g/mol. The van der Waals surface area contributed by atoms with Crippen molar-refractivity contribution in [2.75, 3.05) is 10.7 Å². The smallest absolute Gasteiger partial charge is 0.160 e. The van der Waals surface area contributed by atoms with E-state index in [1.54, 1.807) is 12.3 Å². The second-order valence-corrected chi connectivity index (χ2v) is 3.52. The standard InChI is InChI=1S/C11H12FN5/c1-7-4-8(12)2-3-9(7)15-10-5-14-6-11(16-10)17-13/h2-6H,13H2,1H3,(H2,15,16,17). The number of aromatic nitrogens is 2. The molecule has 1 aromatic heterocycles. The van der Waals surface area contributed by atoms with Gasteiger partial charge in [0.25, 0.3) is 0 Å². The second kappa shape index (κ2) is 4.75. The van der Waals surface area contributed by atoms with Gasteiger partial charge in [-0.25, -0.2) is 15.2 Å². The lowest BCUT2D eigenvalue weighted by atomic mass is 10.2. The van der Waals surface area contributed by atoms with Gasteiger partial charge in [-0.3, -0.25) is 4.98 Å². The molecule has 0 bridgehead atoms. The molecule has 0 amide bonds. The molecule has 0 unspecified atom stereocenters. The third kappa shape index (κ3) is 2.67. The molecule has 0 saturated heterocycles. The predicted molar refractivity (Wildman–Crippen MR) is 64.3 cm³/mol. The maximum atomic E-state index is 12.9. The highest BCUT2D eigenvalue weighted by Gasteiger charge is 2.02. The summed E-state index contributed by atoms with van der Waals surface area (Å²) < 4.78 is 12.9. The van der Waals surface area contributed by atoms with E-state index in [1.807, 2.05) is 6.92 Å². The Balaban J connectivity index is 2.25. The zero-order valence-electron chi connectivity index (χ0n) is 9.24. The molecule has 0 aliphatic carbocycles. The van der Waals surface area contributed by atoms with E-state index < -0.39 is 0 Å². The van der Waals surface area contributed by atoms with Crippen LogP contribution in [-0.4, -0.2) is 9.97 Å². The molecule has 0 saturated carbocycles. The molecular formula is C11H12FN5. The molecule has 2 rings (SSSR count). The molecule has 1 heterocycles. The lowest BCUT2D eigenvalue weighted by Crippen LogP contribution is -2.09. The maximum Gasteiger partial charge on any atom is 0.160 e. The first-order valence-electron chi connectivity index (χ1n) is 5.01. The number of nitrogens with one attached hydrogen (secondary N) is 2. The average Bonchev–Trinajstić information content (AvgIpc) is 2.33. The summed E-state index contributed by atoms with van der Waals surface area (Å²) in [5, 5.41) is 3.04. The number of anilines is 3. The number of nitrogen functional groups attached to an aromatic ring is 1. The van der Waals surface area contributed by atoms with Crippen LogP contribution in [0.4, 0.5) is 21.7 Å². The Morgan fingerprint density at radius 2 is 2.00 bits per heavy atom. The number of halogens is 1. The van der Waals surface area contributed by atoms with Crippen molar-refractivity contribution in [2.24, 2.45) is 5.84 Å². The number of hydrogen-bond donors (Lipinski definition) is 3. The molecule has 1 aromatic carbocycles. The highest BCUT2D eigenvalue weighted by molar-refractivity contribution is 5.60. The van der Waals surface area contributed by atoms with E-state index in [0.717, 1.165) is 11.3 Å². The summed E-state index contributed by atoms with van der Waals surface area (Å²) in [5.41, 5.74) is 3.97. The van der Waals surface area contributed by atoms with E-state index >= 15 is 0 Å². The predicted octanol–water partition coefficient (Wildman–Crippen LogP) is 1.95. The van der Waals surface area contributed by atoms with Crippen LogP contribution >= 0.6 is 0 Å². The topological polar surface area (TPSA) is 75.9 Å². The molecule has 0 atom stereocenters. The van der Waals surface area contributed by atoms with E-state index in [-0.39, 0.29) is 5.82 Å². The summed E-state index contributed by atoms with van der Waals surface area (Å²) in [5.74, 6) is 5.96. The number of nitrogens with zero attached hydrogens (tertiary/aromatic N) is 2. The first-order chi connectivity index (χ1) is 8.19. The summed E-state index contributed by atoms with van der Waals surface area (Å²) in [6, 6.07) is 4.48. The van der Waals surface area contributed by atoms with Crippen LogP contribution in [0.15, 0.2) is 30.6 Å². The number of benzene rings is 1. The number of aryl methyl sites for hydroxylation is 1. The average molecular weight is 233 g/mol. The van der Waals surface area contributed by atoms with Crippen molar-refractivity contribution in [3.05, 3.63) is 42.0 Å². The Morgan fingerprint density at radius 1 is 1.24 bits per heavy atom. The van der Waals surface area contributed by atoms with Gasteiger partial charge in [0.2, 0.25) is 0 Å². The van der Waals surface area contributed by atoms with Gasteiger partial charge in [0.15, 0.2) is 11.6 Å². The van der Waals surface area contributed by atoms with Gasteiger partial charge in [-0.1, -0.05) is 0 Å². The van der Waals surface area contributed by atoms with Crippen LogP contribution < -0.4 is 16.6 Å². The fourth-order valence-corrected chi connectivity index (χ4v) is 1.40. The third-order valence-corrected chi connectivity index (χ3v) is 2.23. The van der Waals surface area contributed by atoms with E-state index in [9.17, 15) is 4.39 Å². The minimum absolute atomic E-state index is 0.267. The zero-order chi connectivity index (χ0) is 12.3. The van der Waals surface area contributed by atoms with Crippen LogP contribution in [0.1, 0.15) is 5.56 Å². The normalized spacial score (nSPS) is 10.1. The minimum atomic E-state index is -0.267. The number of hydrogen-bond acceptors (Lipinski definition) is 5. The van der Waals surface area contributed by atoms with Crippen molar-refractivity contribution < 1.29 is 4.39 Å². The maximum absolute atomic E-state index is 12.9. The quantitative estimate of drug-likeness (QED) is 0.558. The summed E-state index contributed by atoms with van der Waals surface area (Å²) in [6.45, 7) is 1.81. The van der Waals surface area contributed by atoms with E-state index in [2.05, 4.69) is 20.7 Å². The van der Waals surface area contributed by atoms with Gasteiger partial charge in [-0.15, -0.1) is 0 Å². The summed E-state index contributed by atoms with van der Waals surface area (Å²) >= 11 is 0. The fourth-order valence-electron chi connectivity index (χ4n) is 1.40. The first kappa shape index (κ1) is 11.3. The largest absolute Gasteiger partial charge is 0.339 e. The van der Waals surface area contributed by atoms with E-state index in [1.165, 1.54) is 18.3 Å². The minimum Gasteiger partial charge on any atom is -0.339 e. The van der Waals surface area contributed by atoms with Crippen LogP contribution in [0.2, 0.25) is 0 Å². The molecule has 0 radical (unpaired) electrons. The summed E-state index contributed by atoms with van der Waals surface area (Å²) in [6.07, 6.45) is 3.06. The van der Waals surface area contributed by atoms with Crippen molar-refractivity contribution in [1.29, 1.82) is 0 Å². The molecule has 0 aliphatic rings. The molecule has 6 heteroatoms. The third-order valence-electron chi connectivity index (χ3n) is 2.23. The van der Waals surface area contributed by atoms with E-state index in [0.29, 0.717) is 11.6 Å². The van der Waals surface area contributed by atoms with Gasteiger partial charge in [-0.2, -0.15) is 0 Å². The lowest BCUT2D eigenvalue weighted by molar-refractivity contribution is 0.627. The van der Waals surface area contributed by atoms with Crippen LogP contribution in [-0.2, 0) is 0 Å². The lowest BCUT2D eigenvalue weighted by Gasteiger charge is -2.09. The molecule has 0 fully saturated rings. The van der Waals surface area contributed by atoms with Crippen molar-refractivity contribution in [3.8, 4) is 0 Å². The van der Waals surface area contributed by atoms with Gasteiger partial charge in [0, 0.05) is 5.69 Å². The van der Waals surface area contributed by atoms with Crippen LogP contribution in [0.25, 0.3) is 0 Å². The van der Waals surface area contributed by atoms with Crippen molar-refractivity contribution >= 4 is 17.3 Å². The Labute approximate surface area is 97.9 Å². The highest BCUT2D eigenvalue weighted by Crippen LogP contribution is 2.20. The Morgan fingerprint density at radius 3 is 2.71 bits per heavy atom. The molecule has 0 spiro atoms. The van der Waals surface area contributed by atoms with Crippen molar-refractivity contribution in [2.45, 2.75) is 6.92 Å². The zero-order valence-corrected chi connectivity index (χ0v) is 9.24. The molecule has 4 N–H and O–H groups in total. The van der Waals surface area contributed by atoms with Crippen LogP contribution in [0.3, 0.4) is 0 Å². The summed E-state index contributed by atoms with van der Waals surface area (Å²) in [7, 11) is 0. The van der Waals surface area contributed by atoms with Gasteiger partial charge < -0.3 is 10.7 Å². The first-order valence-corrected chi connectivity index (χ1v) is 5.01. The Bertz CT molecular complexity index is 529.